The van der Waals surface area contributed by atoms with Crippen molar-refractivity contribution in [2.45, 2.75) is 20.4 Å². The maximum absolute atomic E-state index is 11.8. The number of hydrogen-bond acceptors (Lipinski definition) is 2. The first-order valence-corrected chi connectivity index (χ1v) is 6.69. The maximum atomic E-state index is 11.8. The van der Waals surface area contributed by atoms with Crippen molar-refractivity contribution >= 4 is 11.7 Å². The van der Waals surface area contributed by atoms with Gasteiger partial charge in [0.2, 0.25) is 0 Å². The largest absolute Gasteiger partial charge is 0.334 e. The highest BCUT2D eigenvalue weighted by Gasteiger charge is 2.03. The van der Waals surface area contributed by atoms with E-state index in [-0.39, 0.29) is 6.03 Å². The molecule has 2 N–H and O–H groups in total. The van der Waals surface area contributed by atoms with Crippen molar-refractivity contribution in [3.63, 3.8) is 0 Å². The standard InChI is InChI=1S/C17H17N3O/c1-12-3-6-15(13(2)9-12)11-19-17(21)20-16-7-4-14(10-18)5-8-16/h3-9H,11H2,1-2H3,(H2,19,20,21). The van der Waals surface area contributed by atoms with Gasteiger partial charge >= 0.3 is 6.03 Å². The molecule has 0 aliphatic carbocycles. The molecular weight excluding hydrogens is 262 g/mol. The van der Waals surface area contributed by atoms with Gasteiger partial charge in [-0.3, -0.25) is 0 Å². The summed E-state index contributed by atoms with van der Waals surface area (Å²) in [6.45, 7) is 4.55. The Labute approximate surface area is 124 Å². The van der Waals surface area contributed by atoms with Crippen LogP contribution in [0.15, 0.2) is 42.5 Å². The lowest BCUT2D eigenvalue weighted by molar-refractivity contribution is 0.251. The van der Waals surface area contributed by atoms with Gasteiger partial charge in [0, 0.05) is 12.2 Å². The number of nitrogens with one attached hydrogen (secondary N) is 2. The van der Waals surface area contributed by atoms with E-state index in [0.717, 1.165) is 11.1 Å². The smallest absolute Gasteiger partial charge is 0.319 e. The fraction of sp³-hybridized carbons (Fsp3) is 0.176. The molecule has 4 nitrogen and oxygen atoms in total. The van der Waals surface area contributed by atoms with Crippen molar-refractivity contribution in [2.75, 3.05) is 5.32 Å². The number of aryl methyl sites for hydroxylation is 2. The second-order valence-electron chi connectivity index (χ2n) is 4.93. The summed E-state index contributed by atoms with van der Waals surface area (Å²) in [4.78, 5) is 11.8. The summed E-state index contributed by atoms with van der Waals surface area (Å²) in [6, 6.07) is 14.7. The van der Waals surface area contributed by atoms with Crippen molar-refractivity contribution in [1.29, 1.82) is 5.26 Å². The Morgan fingerprint density at radius 2 is 1.86 bits per heavy atom. The fourth-order valence-corrected chi connectivity index (χ4v) is 2.02. The van der Waals surface area contributed by atoms with Crippen molar-refractivity contribution in [1.82, 2.24) is 5.32 Å². The summed E-state index contributed by atoms with van der Waals surface area (Å²) < 4.78 is 0. The Hall–Kier alpha value is -2.80. The quantitative estimate of drug-likeness (QED) is 0.903. The van der Waals surface area contributed by atoms with Gasteiger partial charge < -0.3 is 10.6 Å². The topological polar surface area (TPSA) is 64.9 Å². The third-order valence-electron chi connectivity index (χ3n) is 3.21. The van der Waals surface area contributed by atoms with Gasteiger partial charge in [-0.1, -0.05) is 23.8 Å². The van der Waals surface area contributed by atoms with Gasteiger partial charge in [0.05, 0.1) is 11.6 Å². The molecule has 0 bridgehead atoms. The summed E-state index contributed by atoms with van der Waals surface area (Å²) in [7, 11) is 0. The summed E-state index contributed by atoms with van der Waals surface area (Å²) in [6.07, 6.45) is 0. The summed E-state index contributed by atoms with van der Waals surface area (Å²) in [5.41, 5.74) is 4.69. The van der Waals surface area contributed by atoms with E-state index in [1.54, 1.807) is 24.3 Å². The van der Waals surface area contributed by atoms with Gasteiger partial charge in [0.25, 0.3) is 0 Å². The van der Waals surface area contributed by atoms with E-state index < -0.39 is 0 Å². The van der Waals surface area contributed by atoms with Crippen molar-refractivity contribution in [2.24, 2.45) is 0 Å². The number of rotatable bonds is 3. The highest BCUT2D eigenvalue weighted by atomic mass is 16.2. The lowest BCUT2D eigenvalue weighted by atomic mass is 10.1. The molecule has 21 heavy (non-hydrogen) atoms. The lowest BCUT2D eigenvalue weighted by Gasteiger charge is -2.10. The van der Waals surface area contributed by atoms with Crippen LogP contribution in [-0.4, -0.2) is 6.03 Å². The number of anilines is 1. The van der Waals surface area contributed by atoms with Crippen LogP contribution in [0.25, 0.3) is 0 Å². The van der Waals surface area contributed by atoms with E-state index in [2.05, 4.69) is 16.7 Å². The molecule has 0 heterocycles. The molecule has 4 heteroatoms. The zero-order valence-corrected chi connectivity index (χ0v) is 12.1. The van der Waals surface area contributed by atoms with E-state index in [9.17, 15) is 4.79 Å². The molecule has 0 aliphatic rings. The highest BCUT2D eigenvalue weighted by molar-refractivity contribution is 5.89. The minimum atomic E-state index is -0.264. The molecule has 0 radical (unpaired) electrons. The number of hydrogen-bond donors (Lipinski definition) is 2. The van der Waals surface area contributed by atoms with Gasteiger partial charge in [-0.05, 0) is 49.2 Å². The first-order chi connectivity index (χ1) is 10.1. The Morgan fingerprint density at radius 1 is 1.14 bits per heavy atom. The third-order valence-corrected chi connectivity index (χ3v) is 3.21. The molecule has 2 rings (SSSR count). The predicted octanol–water partition coefficient (Wildman–Crippen LogP) is 3.50. The minimum Gasteiger partial charge on any atom is -0.334 e. The molecule has 0 aliphatic heterocycles. The summed E-state index contributed by atoms with van der Waals surface area (Å²) in [5.74, 6) is 0. The number of carbonyl (C=O) groups excluding carboxylic acids is 1. The van der Waals surface area contributed by atoms with E-state index in [1.165, 1.54) is 5.56 Å². The Kier molecular flexibility index (Phi) is 4.57. The van der Waals surface area contributed by atoms with Crippen LogP contribution >= 0.6 is 0 Å². The SMILES string of the molecule is Cc1ccc(CNC(=O)Nc2ccc(C#N)cc2)c(C)c1. The molecule has 2 amide bonds. The minimum absolute atomic E-state index is 0.264. The van der Waals surface area contributed by atoms with Gasteiger partial charge in [-0.2, -0.15) is 5.26 Å². The van der Waals surface area contributed by atoms with E-state index >= 15 is 0 Å². The van der Waals surface area contributed by atoms with Gasteiger partial charge in [-0.15, -0.1) is 0 Å². The molecule has 0 atom stereocenters. The molecular formula is C17H17N3O. The van der Waals surface area contributed by atoms with Crippen LogP contribution < -0.4 is 10.6 Å². The molecule has 0 saturated carbocycles. The molecule has 106 valence electrons. The van der Waals surface area contributed by atoms with Crippen LogP contribution in [0.4, 0.5) is 10.5 Å². The Morgan fingerprint density at radius 3 is 2.48 bits per heavy atom. The average molecular weight is 279 g/mol. The van der Waals surface area contributed by atoms with Crippen LogP contribution in [0.2, 0.25) is 0 Å². The number of amides is 2. The second-order valence-corrected chi connectivity index (χ2v) is 4.93. The summed E-state index contributed by atoms with van der Waals surface area (Å²) in [5, 5.41) is 14.3. The highest BCUT2D eigenvalue weighted by Crippen LogP contribution is 2.11. The van der Waals surface area contributed by atoms with Crippen LogP contribution in [0, 0.1) is 25.2 Å². The zero-order valence-electron chi connectivity index (χ0n) is 12.1. The van der Waals surface area contributed by atoms with Crippen LogP contribution in [-0.2, 0) is 6.54 Å². The predicted molar refractivity (Wildman–Crippen MR) is 82.9 cm³/mol. The monoisotopic (exact) mass is 279 g/mol. The molecule has 0 spiro atoms. The third kappa shape index (κ3) is 4.08. The van der Waals surface area contributed by atoms with Crippen LogP contribution in [0.5, 0.6) is 0 Å². The number of nitriles is 1. The number of benzene rings is 2. The van der Waals surface area contributed by atoms with E-state index in [0.29, 0.717) is 17.8 Å². The fourth-order valence-electron chi connectivity index (χ4n) is 2.02. The molecule has 0 aromatic heterocycles. The maximum Gasteiger partial charge on any atom is 0.319 e. The Bertz CT molecular complexity index is 684. The average Bonchev–Trinajstić information content (AvgIpc) is 2.47. The van der Waals surface area contributed by atoms with Gasteiger partial charge in [0.1, 0.15) is 0 Å². The Balaban J connectivity index is 1.91. The zero-order chi connectivity index (χ0) is 15.2. The van der Waals surface area contributed by atoms with Crippen molar-refractivity contribution < 1.29 is 4.79 Å². The number of carbonyl (C=O) groups is 1. The second kappa shape index (κ2) is 6.58. The lowest BCUT2D eigenvalue weighted by Crippen LogP contribution is -2.28. The molecule has 2 aromatic rings. The van der Waals surface area contributed by atoms with E-state index in [1.807, 2.05) is 32.0 Å². The van der Waals surface area contributed by atoms with Crippen molar-refractivity contribution in [3.8, 4) is 6.07 Å². The number of urea groups is 1. The number of nitrogens with zero attached hydrogens (tertiary/aromatic N) is 1. The molecule has 0 saturated heterocycles. The van der Waals surface area contributed by atoms with Crippen LogP contribution in [0.3, 0.4) is 0 Å². The molecule has 0 fully saturated rings. The normalized spacial score (nSPS) is 9.76. The van der Waals surface area contributed by atoms with E-state index in [4.69, 9.17) is 5.26 Å². The molecule has 2 aromatic carbocycles. The molecule has 0 unspecified atom stereocenters. The van der Waals surface area contributed by atoms with Crippen molar-refractivity contribution in [3.05, 3.63) is 64.7 Å². The first-order valence-electron chi connectivity index (χ1n) is 6.69. The summed E-state index contributed by atoms with van der Waals surface area (Å²) >= 11 is 0. The van der Waals surface area contributed by atoms with Crippen LogP contribution in [0.1, 0.15) is 22.3 Å². The van der Waals surface area contributed by atoms with Gasteiger partial charge in [-0.25, -0.2) is 4.79 Å². The first kappa shape index (κ1) is 14.6. The van der Waals surface area contributed by atoms with Gasteiger partial charge in [0.15, 0.2) is 0 Å².